The van der Waals surface area contributed by atoms with Crippen molar-refractivity contribution in [2.45, 2.75) is 38.6 Å². The van der Waals surface area contributed by atoms with Crippen LogP contribution in [0.1, 0.15) is 44.4 Å². The van der Waals surface area contributed by atoms with E-state index in [2.05, 4.69) is 56.4 Å². The number of ether oxygens (including phenoxy) is 1. The zero-order valence-corrected chi connectivity index (χ0v) is 12.8. The van der Waals surface area contributed by atoms with Crippen molar-refractivity contribution >= 4 is 10.8 Å². The van der Waals surface area contributed by atoms with Gasteiger partial charge in [0.05, 0.1) is 7.11 Å². The van der Waals surface area contributed by atoms with Crippen molar-refractivity contribution in [2.75, 3.05) is 13.7 Å². The van der Waals surface area contributed by atoms with E-state index in [0.29, 0.717) is 6.04 Å². The molecular formula is C18H23NO. The molecule has 2 nitrogen and oxygen atoms in total. The van der Waals surface area contributed by atoms with Crippen LogP contribution in [0.25, 0.3) is 10.8 Å². The summed E-state index contributed by atoms with van der Waals surface area (Å²) >= 11 is 0. The van der Waals surface area contributed by atoms with Gasteiger partial charge in [-0.2, -0.15) is 0 Å². The Hall–Kier alpha value is -1.54. The molecule has 1 atom stereocenters. The molecule has 20 heavy (non-hydrogen) atoms. The van der Waals surface area contributed by atoms with E-state index in [1.54, 1.807) is 7.11 Å². The lowest BCUT2D eigenvalue weighted by molar-refractivity contribution is 0.417. The molecule has 1 unspecified atom stereocenters. The van der Waals surface area contributed by atoms with Gasteiger partial charge in [0.15, 0.2) is 0 Å². The first-order valence-corrected chi connectivity index (χ1v) is 7.42. The first kappa shape index (κ1) is 13.4. The Kier molecular flexibility index (Phi) is 3.21. The van der Waals surface area contributed by atoms with Gasteiger partial charge in [0.1, 0.15) is 5.75 Å². The van der Waals surface area contributed by atoms with Gasteiger partial charge in [0.25, 0.3) is 0 Å². The number of benzene rings is 2. The fourth-order valence-electron chi connectivity index (χ4n) is 3.71. The van der Waals surface area contributed by atoms with Crippen LogP contribution in [0.4, 0.5) is 0 Å². The molecule has 106 valence electrons. The minimum absolute atomic E-state index is 0.202. The minimum atomic E-state index is 0.202. The highest BCUT2D eigenvalue weighted by Gasteiger charge is 2.38. The number of nitrogens with one attached hydrogen (secondary N) is 1. The van der Waals surface area contributed by atoms with Gasteiger partial charge in [-0.25, -0.2) is 0 Å². The normalized spacial score (nSPS) is 20.1. The van der Waals surface area contributed by atoms with Crippen LogP contribution >= 0.6 is 0 Å². The van der Waals surface area contributed by atoms with Crippen LogP contribution in [0.3, 0.4) is 0 Å². The summed E-state index contributed by atoms with van der Waals surface area (Å²) < 4.78 is 5.62. The number of fused-ring (bicyclic) bond motifs is 3. The van der Waals surface area contributed by atoms with Crippen molar-refractivity contribution < 1.29 is 4.74 Å². The SMILES string of the molecule is CCNC1CC(C)(C)c2c1cc(OC)c1ccccc21. The number of methoxy groups -OCH3 is 1. The largest absolute Gasteiger partial charge is 0.496 e. The highest BCUT2D eigenvalue weighted by atomic mass is 16.5. The Morgan fingerprint density at radius 1 is 1.25 bits per heavy atom. The second kappa shape index (κ2) is 4.78. The second-order valence-corrected chi connectivity index (χ2v) is 6.29. The predicted octanol–water partition coefficient (Wildman–Crippen LogP) is 4.18. The lowest BCUT2D eigenvalue weighted by atomic mass is 9.83. The summed E-state index contributed by atoms with van der Waals surface area (Å²) in [6.45, 7) is 7.86. The number of hydrogen-bond donors (Lipinski definition) is 1. The van der Waals surface area contributed by atoms with Gasteiger partial charge in [-0.1, -0.05) is 45.0 Å². The van der Waals surface area contributed by atoms with Gasteiger partial charge in [-0.3, -0.25) is 0 Å². The Bertz CT molecular complexity index is 645. The third-order valence-corrected chi connectivity index (χ3v) is 4.47. The summed E-state index contributed by atoms with van der Waals surface area (Å²) in [4.78, 5) is 0. The molecule has 1 aliphatic carbocycles. The van der Waals surface area contributed by atoms with Crippen LogP contribution in [0.5, 0.6) is 5.75 Å². The molecule has 0 heterocycles. The van der Waals surface area contributed by atoms with Crippen molar-refractivity contribution in [1.82, 2.24) is 5.32 Å². The molecule has 3 rings (SSSR count). The Morgan fingerprint density at radius 2 is 1.95 bits per heavy atom. The van der Waals surface area contributed by atoms with E-state index in [1.807, 2.05) is 0 Å². The first-order chi connectivity index (χ1) is 9.58. The predicted molar refractivity (Wildman–Crippen MR) is 84.6 cm³/mol. The quantitative estimate of drug-likeness (QED) is 0.902. The van der Waals surface area contributed by atoms with E-state index >= 15 is 0 Å². The molecule has 0 amide bonds. The average Bonchev–Trinajstić information content (AvgIpc) is 2.69. The zero-order chi connectivity index (χ0) is 14.3. The molecule has 0 radical (unpaired) electrons. The lowest BCUT2D eigenvalue weighted by Crippen LogP contribution is -2.20. The Balaban J connectivity index is 2.32. The molecule has 2 aromatic rings. The lowest BCUT2D eigenvalue weighted by Gasteiger charge is -2.21. The maximum absolute atomic E-state index is 5.62. The molecule has 0 fully saturated rings. The van der Waals surface area contributed by atoms with Gasteiger partial charge >= 0.3 is 0 Å². The number of rotatable bonds is 3. The van der Waals surface area contributed by atoms with Crippen LogP contribution in [0.2, 0.25) is 0 Å². The average molecular weight is 269 g/mol. The molecule has 0 bridgehead atoms. The standard InChI is InChI=1S/C18H23NO/c1-5-19-15-11-18(2,3)17-13-9-7-6-8-12(13)16(20-4)10-14(15)17/h6-10,15,19H,5,11H2,1-4H3. The van der Waals surface area contributed by atoms with Crippen LogP contribution in [-0.2, 0) is 5.41 Å². The van der Waals surface area contributed by atoms with E-state index < -0.39 is 0 Å². The molecule has 2 heteroatoms. The van der Waals surface area contributed by atoms with Gasteiger partial charge in [-0.15, -0.1) is 0 Å². The van der Waals surface area contributed by atoms with Crippen LogP contribution < -0.4 is 10.1 Å². The topological polar surface area (TPSA) is 21.3 Å². The highest BCUT2D eigenvalue weighted by molar-refractivity contribution is 5.93. The molecule has 1 aliphatic rings. The Labute approximate surface area is 121 Å². The van der Waals surface area contributed by atoms with Crippen LogP contribution in [-0.4, -0.2) is 13.7 Å². The van der Waals surface area contributed by atoms with E-state index in [-0.39, 0.29) is 5.41 Å². The maximum Gasteiger partial charge on any atom is 0.127 e. The Morgan fingerprint density at radius 3 is 2.60 bits per heavy atom. The monoisotopic (exact) mass is 269 g/mol. The molecule has 0 saturated carbocycles. The van der Waals surface area contributed by atoms with E-state index in [4.69, 9.17) is 4.74 Å². The number of hydrogen-bond acceptors (Lipinski definition) is 2. The zero-order valence-electron chi connectivity index (χ0n) is 12.8. The molecular weight excluding hydrogens is 246 g/mol. The summed E-state index contributed by atoms with van der Waals surface area (Å²) in [5, 5.41) is 6.18. The van der Waals surface area contributed by atoms with Gasteiger partial charge in [-0.05, 0) is 41.0 Å². The fraction of sp³-hybridized carbons (Fsp3) is 0.444. The summed E-state index contributed by atoms with van der Waals surface area (Å²) in [5.41, 5.74) is 3.10. The van der Waals surface area contributed by atoms with E-state index in [1.165, 1.54) is 21.9 Å². The minimum Gasteiger partial charge on any atom is -0.496 e. The molecule has 0 saturated heterocycles. The second-order valence-electron chi connectivity index (χ2n) is 6.29. The molecule has 2 aromatic carbocycles. The van der Waals surface area contributed by atoms with Gasteiger partial charge in [0, 0.05) is 11.4 Å². The fourth-order valence-corrected chi connectivity index (χ4v) is 3.71. The third-order valence-electron chi connectivity index (χ3n) is 4.47. The van der Waals surface area contributed by atoms with E-state index in [9.17, 15) is 0 Å². The smallest absolute Gasteiger partial charge is 0.127 e. The molecule has 0 aromatic heterocycles. The summed E-state index contributed by atoms with van der Waals surface area (Å²) in [7, 11) is 1.76. The maximum atomic E-state index is 5.62. The van der Waals surface area contributed by atoms with Crippen molar-refractivity contribution in [3.05, 3.63) is 41.5 Å². The highest BCUT2D eigenvalue weighted by Crippen LogP contribution is 2.49. The van der Waals surface area contributed by atoms with Crippen LogP contribution in [0, 0.1) is 0 Å². The first-order valence-electron chi connectivity index (χ1n) is 7.42. The molecule has 1 N–H and O–H groups in total. The summed E-state index contributed by atoms with van der Waals surface area (Å²) in [5.74, 6) is 0.986. The van der Waals surface area contributed by atoms with Crippen molar-refractivity contribution in [1.29, 1.82) is 0 Å². The molecule has 0 aliphatic heterocycles. The van der Waals surface area contributed by atoms with E-state index in [0.717, 1.165) is 18.7 Å². The molecule has 0 spiro atoms. The van der Waals surface area contributed by atoms with Crippen LogP contribution in [0.15, 0.2) is 30.3 Å². The van der Waals surface area contributed by atoms with Gasteiger partial charge < -0.3 is 10.1 Å². The summed E-state index contributed by atoms with van der Waals surface area (Å²) in [6.07, 6.45) is 1.15. The van der Waals surface area contributed by atoms with Crippen molar-refractivity contribution in [3.8, 4) is 5.75 Å². The van der Waals surface area contributed by atoms with Crippen molar-refractivity contribution in [2.24, 2.45) is 0 Å². The van der Waals surface area contributed by atoms with Gasteiger partial charge in [0.2, 0.25) is 0 Å². The summed E-state index contributed by atoms with van der Waals surface area (Å²) in [6, 6.07) is 11.3. The third kappa shape index (κ3) is 1.90. The van der Waals surface area contributed by atoms with Crippen molar-refractivity contribution in [3.63, 3.8) is 0 Å².